The van der Waals surface area contributed by atoms with Crippen LogP contribution in [-0.4, -0.2) is 56.5 Å². The molecule has 0 unspecified atom stereocenters. The Bertz CT molecular complexity index is 1190. The van der Waals surface area contributed by atoms with Crippen molar-refractivity contribution < 1.29 is 4.79 Å². The van der Waals surface area contributed by atoms with Crippen LogP contribution in [0.1, 0.15) is 48.7 Å². The number of aromatic nitrogens is 4. The normalized spacial score (nSPS) is 14.8. The van der Waals surface area contributed by atoms with Gasteiger partial charge in [-0.25, -0.2) is 9.97 Å². The Balaban J connectivity index is 1.51. The lowest BCUT2D eigenvalue weighted by Gasteiger charge is -2.37. The molecule has 8 nitrogen and oxygen atoms in total. The zero-order chi connectivity index (χ0) is 22.8. The van der Waals surface area contributed by atoms with Gasteiger partial charge in [-0.3, -0.25) is 9.59 Å². The maximum absolute atomic E-state index is 13.4. The molecule has 0 radical (unpaired) electrons. The summed E-state index contributed by atoms with van der Waals surface area (Å²) in [5, 5.41) is 0.659. The van der Waals surface area contributed by atoms with E-state index in [9.17, 15) is 9.59 Å². The standard InChI is InChI=1S/C24H30N6O2/c1-5-10-30-14-19(18-6-9-25-22(18)24(30)32)23(31)28(4)17-7-11-29(12-8-17)21-13-20(16(2)3)26-15-27-21/h5-6,9,13-17,25H,1,7-8,10-12H2,2-4H3. The Morgan fingerprint density at radius 2 is 2.09 bits per heavy atom. The summed E-state index contributed by atoms with van der Waals surface area (Å²) in [4.78, 5) is 41.9. The maximum Gasteiger partial charge on any atom is 0.275 e. The molecule has 1 aliphatic rings. The minimum atomic E-state index is -0.150. The van der Waals surface area contributed by atoms with Crippen LogP contribution in [0.3, 0.4) is 0 Å². The Kier molecular flexibility index (Phi) is 6.12. The summed E-state index contributed by atoms with van der Waals surface area (Å²) >= 11 is 0. The second-order valence-corrected chi connectivity index (χ2v) is 8.65. The van der Waals surface area contributed by atoms with Gasteiger partial charge in [0.05, 0.1) is 5.56 Å². The fourth-order valence-electron chi connectivity index (χ4n) is 4.33. The quantitative estimate of drug-likeness (QED) is 0.602. The lowest BCUT2D eigenvalue weighted by Crippen LogP contribution is -2.46. The van der Waals surface area contributed by atoms with Crippen LogP contribution >= 0.6 is 0 Å². The topological polar surface area (TPSA) is 87.1 Å². The first kappa shape index (κ1) is 21.8. The summed E-state index contributed by atoms with van der Waals surface area (Å²) in [7, 11) is 1.85. The van der Waals surface area contributed by atoms with Gasteiger partial charge in [0.25, 0.3) is 11.5 Å². The van der Waals surface area contributed by atoms with Crippen LogP contribution in [0.5, 0.6) is 0 Å². The smallest absolute Gasteiger partial charge is 0.275 e. The highest BCUT2D eigenvalue weighted by Gasteiger charge is 2.28. The SMILES string of the molecule is C=CCn1cc(C(=O)N(C)C2CCN(c3cc(C(C)C)ncn3)CC2)c2cc[nH]c2c1=O. The zero-order valence-electron chi connectivity index (χ0n) is 18.9. The summed E-state index contributed by atoms with van der Waals surface area (Å²) in [5.74, 6) is 1.23. The molecule has 0 aliphatic carbocycles. The van der Waals surface area contributed by atoms with E-state index in [1.54, 1.807) is 30.9 Å². The molecular weight excluding hydrogens is 404 g/mol. The fourth-order valence-corrected chi connectivity index (χ4v) is 4.33. The Hall–Kier alpha value is -3.42. The van der Waals surface area contributed by atoms with Crippen molar-refractivity contribution in [3.63, 3.8) is 0 Å². The summed E-state index contributed by atoms with van der Waals surface area (Å²) < 4.78 is 1.52. The molecule has 3 aromatic rings. The van der Waals surface area contributed by atoms with Crippen molar-refractivity contribution in [2.75, 3.05) is 25.0 Å². The molecule has 0 spiro atoms. The van der Waals surface area contributed by atoms with Crippen molar-refractivity contribution in [1.82, 2.24) is 24.4 Å². The summed E-state index contributed by atoms with van der Waals surface area (Å²) in [6, 6.07) is 3.98. The minimum absolute atomic E-state index is 0.0741. The van der Waals surface area contributed by atoms with Crippen LogP contribution in [0.2, 0.25) is 0 Å². The molecule has 4 heterocycles. The number of carbonyl (C=O) groups is 1. The number of rotatable bonds is 6. The molecule has 0 aromatic carbocycles. The van der Waals surface area contributed by atoms with E-state index in [2.05, 4.69) is 46.3 Å². The number of H-pyrrole nitrogens is 1. The van der Waals surface area contributed by atoms with Crippen molar-refractivity contribution in [1.29, 1.82) is 0 Å². The zero-order valence-corrected chi connectivity index (χ0v) is 18.9. The number of nitrogens with zero attached hydrogens (tertiary/aromatic N) is 5. The highest BCUT2D eigenvalue weighted by Crippen LogP contribution is 2.24. The molecule has 168 valence electrons. The van der Waals surface area contributed by atoms with Gasteiger partial charge in [-0.1, -0.05) is 19.9 Å². The van der Waals surface area contributed by atoms with Crippen molar-refractivity contribution in [3.05, 3.63) is 65.1 Å². The number of piperidine rings is 1. The molecule has 8 heteroatoms. The number of hydrogen-bond acceptors (Lipinski definition) is 5. The van der Waals surface area contributed by atoms with Gasteiger partial charge in [0.1, 0.15) is 17.7 Å². The fraction of sp³-hybridized carbons (Fsp3) is 0.417. The predicted molar refractivity (Wildman–Crippen MR) is 126 cm³/mol. The molecule has 0 saturated carbocycles. The highest BCUT2D eigenvalue weighted by molar-refractivity contribution is 6.05. The second-order valence-electron chi connectivity index (χ2n) is 8.65. The number of pyridine rings is 1. The van der Waals surface area contributed by atoms with Gasteiger partial charge < -0.3 is 19.4 Å². The Morgan fingerprint density at radius 3 is 2.78 bits per heavy atom. The number of allylic oxidation sites excluding steroid dienone is 1. The molecule has 4 rings (SSSR count). The average molecular weight is 435 g/mol. The van der Waals surface area contributed by atoms with Gasteiger partial charge in [0, 0.05) is 62.3 Å². The van der Waals surface area contributed by atoms with E-state index in [-0.39, 0.29) is 17.5 Å². The first-order valence-electron chi connectivity index (χ1n) is 11.1. The summed E-state index contributed by atoms with van der Waals surface area (Å²) in [5.41, 5.74) is 1.87. The molecule has 1 N–H and O–H groups in total. The third-order valence-corrected chi connectivity index (χ3v) is 6.27. The van der Waals surface area contributed by atoms with Crippen molar-refractivity contribution in [2.45, 2.75) is 45.2 Å². The van der Waals surface area contributed by atoms with Gasteiger partial charge in [-0.15, -0.1) is 6.58 Å². The van der Waals surface area contributed by atoms with E-state index >= 15 is 0 Å². The first-order chi connectivity index (χ1) is 15.4. The van der Waals surface area contributed by atoms with Gasteiger partial charge in [0.15, 0.2) is 0 Å². The molecule has 1 saturated heterocycles. The van der Waals surface area contributed by atoms with Crippen LogP contribution in [0, 0.1) is 0 Å². The third-order valence-electron chi connectivity index (χ3n) is 6.27. The first-order valence-corrected chi connectivity index (χ1v) is 11.1. The van der Waals surface area contributed by atoms with Crippen molar-refractivity contribution >= 4 is 22.6 Å². The highest BCUT2D eigenvalue weighted by atomic mass is 16.2. The summed E-state index contributed by atoms with van der Waals surface area (Å²) in [6.45, 7) is 9.97. The van der Waals surface area contributed by atoms with Crippen LogP contribution in [0.25, 0.3) is 10.9 Å². The number of amides is 1. The van der Waals surface area contributed by atoms with E-state index < -0.39 is 0 Å². The second kappa shape index (κ2) is 8.98. The van der Waals surface area contributed by atoms with E-state index in [0.29, 0.717) is 28.9 Å². The predicted octanol–water partition coefficient (Wildman–Crippen LogP) is 3.17. The van der Waals surface area contributed by atoms with Crippen LogP contribution < -0.4 is 10.5 Å². The van der Waals surface area contributed by atoms with Crippen LogP contribution in [0.4, 0.5) is 5.82 Å². The van der Waals surface area contributed by atoms with Gasteiger partial charge >= 0.3 is 0 Å². The van der Waals surface area contributed by atoms with E-state index in [0.717, 1.165) is 37.4 Å². The molecule has 1 amide bonds. The van der Waals surface area contributed by atoms with Crippen LogP contribution in [0.15, 0.2) is 48.3 Å². The molecule has 0 atom stereocenters. The van der Waals surface area contributed by atoms with E-state index in [4.69, 9.17) is 0 Å². The van der Waals surface area contributed by atoms with E-state index in [1.807, 2.05) is 11.9 Å². The Morgan fingerprint density at radius 1 is 1.34 bits per heavy atom. The molecule has 1 aliphatic heterocycles. The lowest BCUT2D eigenvalue weighted by molar-refractivity contribution is 0.0710. The van der Waals surface area contributed by atoms with Gasteiger partial charge in [0.2, 0.25) is 0 Å². The van der Waals surface area contributed by atoms with Gasteiger partial charge in [-0.05, 0) is 24.8 Å². The minimum Gasteiger partial charge on any atom is -0.357 e. The van der Waals surface area contributed by atoms with Crippen molar-refractivity contribution in [3.8, 4) is 0 Å². The molecule has 3 aromatic heterocycles. The summed E-state index contributed by atoms with van der Waals surface area (Å²) in [6.07, 6.45) is 8.35. The molecule has 1 fully saturated rings. The van der Waals surface area contributed by atoms with Crippen molar-refractivity contribution in [2.24, 2.45) is 0 Å². The molecule has 32 heavy (non-hydrogen) atoms. The number of carbonyl (C=O) groups excluding carboxylic acids is 1. The van der Waals surface area contributed by atoms with Gasteiger partial charge in [-0.2, -0.15) is 0 Å². The monoisotopic (exact) mass is 434 g/mol. The number of fused-ring (bicyclic) bond motifs is 1. The number of hydrogen-bond donors (Lipinski definition) is 1. The average Bonchev–Trinajstić information content (AvgIpc) is 3.31. The van der Waals surface area contributed by atoms with E-state index in [1.165, 1.54) is 4.57 Å². The maximum atomic E-state index is 13.4. The molecule has 0 bridgehead atoms. The number of aromatic amines is 1. The van der Waals surface area contributed by atoms with Crippen LogP contribution in [-0.2, 0) is 6.54 Å². The number of anilines is 1. The third kappa shape index (κ3) is 4.04. The number of nitrogens with one attached hydrogen (secondary N) is 1. The Labute approximate surface area is 187 Å². The lowest BCUT2D eigenvalue weighted by atomic mass is 10.0. The largest absolute Gasteiger partial charge is 0.357 e. The molecular formula is C24H30N6O2.